The maximum atomic E-state index is 9.52. The third-order valence-corrected chi connectivity index (χ3v) is 2.09. The topological polar surface area (TPSA) is 62.6 Å². The highest BCUT2D eigenvalue weighted by molar-refractivity contribution is 5.35. The number of nitrogens with zero attached hydrogens (tertiary/aromatic N) is 1. The van der Waals surface area contributed by atoms with Crippen LogP contribution in [0, 0.1) is 6.92 Å². The summed E-state index contributed by atoms with van der Waals surface area (Å²) < 4.78 is 5.41. The number of aryl methyl sites for hydroxylation is 1. The summed E-state index contributed by atoms with van der Waals surface area (Å²) in [7, 11) is 1.89. The van der Waals surface area contributed by atoms with Crippen LogP contribution in [-0.4, -0.2) is 31.3 Å². The molecule has 0 aliphatic carbocycles. The average Bonchev–Trinajstić information content (AvgIpc) is 2.52. The minimum absolute atomic E-state index is 0.393. The largest absolute Gasteiger partial charge is 0.446 e. The van der Waals surface area contributed by atoms with E-state index in [2.05, 4.69) is 0 Å². The lowest BCUT2D eigenvalue weighted by Crippen LogP contribution is -2.30. The Balaban J connectivity index is 2.45. The summed E-state index contributed by atoms with van der Waals surface area (Å²) in [6, 6.07) is 3.80. The van der Waals surface area contributed by atoms with E-state index >= 15 is 0 Å². The van der Waals surface area contributed by atoms with Gasteiger partial charge in [0, 0.05) is 19.7 Å². The van der Waals surface area contributed by atoms with Gasteiger partial charge in [-0.1, -0.05) is 0 Å². The first-order chi connectivity index (χ1) is 6.63. The Labute approximate surface area is 84.3 Å². The lowest BCUT2D eigenvalue weighted by Gasteiger charge is -2.19. The average molecular weight is 198 g/mol. The van der Waals surface area contributed by atoms with E-state index in [9.17, 15) is 5.11 Å². The molecular formula is C10H18N2O2. The second kappa shape index (κ2) is 5.02. The molecule has 0 bridgehead atoms. The van der Waals surface area contributed by atoms with Crippen molar-refractivity contribution < 1.29 is 9.52 Å². The van der Waals surface area contributed by atoms with Gasteiger partial charge in [-0.05, 0) is 26.0 Å². The Kier molecular flexibility index (Phi) is 3.98. The zero-order valence-electron chi connectivity index (χ0n) is 8.73. The molecule has 1 unspecified atom stereocenters. The second-order valence-corrected chi connectivity index (χ2v) is 3.50. The van der Waals surface area contributed by atoms with E-state index in [0.717, 1.165) is 11.6 Å². The van der Waals surface area contributed by atoms with Crippen molar-refractivity contribution in [2.24, 2.45) is 5.73 Å². The number of anilines is 1. The molecule has 0 amide bonds. The number of likely N-dealkylation sites (N-methyl/N-ethyl adjacent to an activating group) is 1. The van der Waals surface area contributed by atoms with Crippen molar-refractivity contribution in [2.45, 2.75) is 19.4 Å². The molecular weight excluding hydrogens is 180 g/mol. The fourth-order valence-corrected chi connectivity index (χ4v) is 1.32. The zero-order chi connectivity index (χ0) is 10.6. The summed E-state index contributed by atoms with van der Waals surface area (Å²) in [6.07, 6.45) is 0.222. The first-order valence-corrected chi connectivity index (χ1v) is 4.79. The van der Waals surface area contributed by atoms with Crippen LogP contribution < -0.4 is 10.6 Å². The molecule has 1 atom stereocenters. The maximum absolute atomic E-state index is 9.52. The Morgan fingerprint density at radius 1 is 1.57 bits per heavy atom. The van der Waals surface area contributed by atoms with E-state index in [-0.39, 0.29) is 0 Å². The van der Waals surface area contributed by atoms with Crippen LogP contribution in [0.2, 0.25) is 0 Å². The van der Waals surface area contributed by atoms with Crippen molar-refractivity contribution in [1.29, 1.82) is 0 Å². The van der Waals surface area contributed by atoms with Gasteiger partial charge in [0.15, 0.2) is 5.88 Å². The molecule has 1 aromatic heterocycles. The summed E-state index contributed by atoms with van der Waals surface area (Å²) >= 11 is 0. The first-order valence-electron chi connectivity index (χ1n) is 4.79. The van der Waals surface area contributed by atoms with Gasteiger partial charge in [0.1, 0.15) is 5.76 Å². The highest BCUT2D eigenvalue weighted by Crippen LogP contribution is 2.16. The monoisotopic (exact) mass is 198 g/mol. The smallest absolute Gasteiger partial charge is 0.195 e. The van der Waals surface area contributed by atoms with Crippen molar-refractivity contribution in [3.05, 3.63) is 17.9 Å². The second-order valence-electron chi connectivity index (χ2n) is 3.50. The Bertz CT molecular complexity index is 273. The number of hydrogen-bond donors (Lipinski definition) is 2. The van der Waals surface area contributed by atoms with E-state index in [4.69, 9.17) is 10.2 Å². The van der Waals surface area contributed by atoms with Gasteiger partial charge in [0.2, 0.25) is 0 Å². The summed E-state index contributed by atoms with van der Waals surface area (Å²) in [5, 5.41) is 9.52. The summed E-state index contributed by atoms with van der Waals surface area (Å²) in [5.74, 6) is 1.65. The molecule has 80 valence electrons. The molecule has 4 heteroatoms. The first kappa shape index (κ1) is 11.1. The number of nitrogens with two attached hydrogens (primary N) is 1. The van der Waals surface area contributed by atoms with Crippen LogP contribution in [0.4, 0.5) is 5.88 Å². The molecule has 0 aliphatic rings. The van der Waals surface area contributed by atoms with E-state index in [0.29, 0.717) is 19.5 Å². The lowest BCUT2D eigenvalue weighted by molar-refractivity contribution is 0.172. The minimum Gasteiger partial charge on any atom is -0.446 e. The summed E-state index contributed by atoms with van der Waals surface area (Å²) in [6.45, 7) is 2.95. The van der Waals surface area contributed by atoms with Crippen LogP contribution in [-0.2, 0) is 0 Å². The number of aliphatic hydroxyl groups is 1. The molecule has 0 saturated heterocycles. The van der Waals surface area contributed by atoms with Crippen LogP contribution in [0.15, 0.2) is 16.5 Å². The third kappa shape index (κ3) is 3.05. The van der Waals surface area contributed by atoms with Gasteiger partial charge < -0.3 is 20.2 Å². The fourth-order valence-electron chi connectivity index (χ4n) is 1.32. The molecule has 3 N–H and O–H groups in total. The predicted molar refractivity (Wildman–Crippen MR) is 56.4 cm³/mol. The van der Waals surface area contributed by atoms with Crippen LogP contribution in [0.1, 0.15) is 12.2 Å². The van der Waals surface area contributed by atoms with Crippen LogP contribution in [0.3, 0.4) is 0 Å². The van der Waals surface area contributed by atoms with E-state index in [1.807, 2.05) is 31.0 Å². The molecule has 0 saturated carbocycles. The molecule has 0 aliphatic heterocycles. The van der Waals surface area contributed by atoms with Crippen molar-refractivity contribution in [2.75, 3.05) is 25.0 Å². The number of hydrogen-bond acceptors (Lipinski definition) is 4. The van der Waals surface area contributed by atoms with Crippen molar-refractivity contribution in [3.8, 4) is 0 Å². The molecule has 0 aromatic carbocycles. The molecule has 1 aromatic rings. The molecule has 0 spiro atoms. The highest BCUT2D eigenvalue weighted by Gasteiger charge is 2.10. The summed E-state index contributed by atoms with van der Waals surface area (Å²) in [4.78, 5) is 1.88. The van der Waals surface area contributed by atoms with Gasteiger partial charge in [0.05, 0.1) is 6.10 Å². The van der Waals surface area contributed by atoms with Gasteiger partial charge in [-0.15, -0.1) is 0 Å². The quantitative estimate of drug-likeness (QED) is 0.732. The van der Waals surface area contributed by atoms with Gasteiger partial charge in [-0.25, -0.2) is 0 Å². The number of furan rings is 1. The summed E-state index contributed by atoms with van der Waals surface area (Å²) in [5.41, 5.74) is 5.35. The molecule has 1 heterocycles. The number of aliphatic hydroxyl groups excluding tert-OH is 1. The standard InChI is InChI=1S/C10H18N2O2/c1-8-3-4-10(14-8)12(2)7-9(13)5-6-11/h3-4,9,13H,5-7,11H2,1-2H3. The third-order valence-electron chi connectivity index (χ3n) is 2.09. The normalized spacial score (nSPS) is 12.9. The van der Waals surface area contributed by atoms with Crippen molar-refractivity contribution >= 4 is 5.88 Å². The van der Waals surface area contributed by atoms with Crippen molar-refractivity contribution in [1.82, 2.24) is 0 Å². The minimum atomic E-state index is -0.393. The highest BCUT2D eigenvalue weighted by atomic mass is 16.4. The van der Waals surface area contributed by atoms with E-state index in [1.54, 1.807) is 0 Å². The van der Waals surface area contributed by atoms with Gasteiger partial charge in [-0.3, -0.25) is 0 Å². The number of rotatable bonds is 5. The van der Waals surface area contributed by atoms with Crippen LogP contribution in [0.25, 0.3) is 0 Å². The van der Waals surface area contributed by atoms with E-state index < -0.39 is 6.10 Å². The van der Waals surface area contributed by atoms with Gasteiger partial charge in [0.25, 0.3) is 0 Å². The molecule has 0 fully saturated rings. The molecule has 14 heavy (non-hydrogen) atoms. The predicted octanol–water partition coefficient (Wildman–Crippen LogP) is 0.734. The SMILES string of the molecule is Cc1ccc(N(C)CC(O)CCN)o1. The Hall–Kier alpha value is -1.00. The van der Waals surface area contributed by atoms with Crippen LogP contribution in [0.5, 0.6) is 0 Å². The molecule has 4 nitrogen and oxygen atoms in total. The van der Waals surface area contributed by atoms with Crippen LogP contribution >= 0.6 is 0 Å². The Morgan fingerprint density at radius 3 is 2.79 bits per heavy atom. The Morgan fingerprint density at radius 2 is 2.29 bits per heavy atom. The van der Waals surface area contributed by atoms with Crippen molar-refractivity contribution in [3.63, 3.8) is 0 Å². The lowest BCUT2D eigenvalue weighted by atomic mass is 10.2. The van der Waals surface area contributed by atoms with Gasteiger partial charge in [-0.2, -0.15) is 0 Å². The maximum Gasteiger partial charge on any atom is 0.195 e. The fraction of sp³-hybridized carbons (Fsp3) is 0.600. The van der Waals surface area contributed by atoms with Gasteiger partial charge >= 0.3 is 0 Å². The zero-order valence-corrected chi connectivity index (χ0v) is 8.73. The molecule has 0 radical (unpaired) electrons. The molecule has 1 rings (SSSR count). The van der Waals surface area contributed by atoms with E-state index in [1.165, 1.54) is 0 Å².